The second kappa shape index (κ2) is 7.58. The zero-order valence-corrected chi connectivity index (χ0v) is 14.0. The fourth-order valence-electron chi connectivity index (χ4n) is 3.48. The van der Waals surface area contributed by atoms with E-state index in [9.17, 15) is 9.18 Å². The van der Waals surface area contributed by atoms with Crippen molar-refractivity contribution in [1.82, 2.24) is 5.32 Å². The molecular formula is C20H24FN2O+. The Labute approximate surface area is 142 Å². The molecule has 0 heterocycles. The molecule has 3 rings (SSSR count). The van der Waals surface area contributed by atoms with Gasteiger partial charge < -0.3 is 10.2 Å². The van der Waals surface area contributed by atoms with Gasteiger partial charge in [0.25, 0.3) is 5.91 Å². The highest BCUT2D eigenvalue weighted by atomic mass is 19.1. The lowest BCUT2D eigenvalue weighted by Crippen LogP contribution is -3.08. The largest absolute Gasteiger partial charge is 0.344 e. The molecule has 0 spiro atoms. The molecular weight excluding hydrogens is 303 g/mol. The van der Waals surface area contributed by atoms with Crippen LogP contribution in [0.3, 0.4) is 0 Å². The number of quaternary nitrogens is 1. The molecule has 1 aliphatic carbocycles. The third-order valence-corrected chi connectivity index (χ3v) is 4.56. The lowest BCUT2D eigenvalue weighted by molar-refractivity contribution is -0.885. The van der Waals surface area contributed by atoms with Gasteiger partial charge in [-0.3, -0.25) is 4.79 Å². The molecule has 2 atom stereocenters. The van der Waals surface area contributed by atoms with Crippen molar-refractivity contribution in [2.45, 2.75) is 31.8 Å². The molecule has 0 aliphatic heterocycles. The molecule has 3 nitrogen and oxygen atoms in total. The van der Waals surface area contributed by atoms with Gasteiger partial charge in [-0.2, -0.15) is 0 Å². The summed E-state index contributed by atoms with van der Waals surface area (Å²) in [7, 11) is 1.96. The van der Waals surface area contributed by atoms with Crippen LogP contribution in [0.15, 0.2) is 48.5 Å². The van der Waals surface area contributed by atoms with E-state index < -0.39 is 0 Å². The quantitative estimate of drug-likeness (QED) is 0.866. The Balaban J connectivity index is 1.56. The molecule has 0 saturated heterocycles. The zero-order chi connectivity index (χ0) is 16.9. The van der Waals surface area contributed by atoms with Crippen molar-refractivity contribution in [3.8, 4) is 0 Å². The summed E-state index contributed by atoms with van der Waals surface area (Å²) in [5, 5.41) is 3.17. The lowest BCUT2D eigenvalue weighted by atomic mass is 9.88. The molecule has 126 valence electrons. The van der Waals surface area contributed by atoms with Gasteiger partial charge in [-0.25, -0.2) is 4.39 Å². The van der Waals surface area contributed by atoms with Gasteiger partial charge in [0.05, 0.1) is 13.1 Å². The summed E-state index contributed by atoms with van der Waals surface area (Å²) >= 11 is 0. The van der Waals surface area contributed by atoms with Gasteiger partial charge in [0.1, 0.15) is 12.4 Å². The molecule has 0 radical (unpaired) electrons. The van der Waals surface area contributed by atoms with E-state index in [-0.39, 0.29) is 17.8 Å². The van der Waals surface area contributed by atoms with Crippen LogP contribution in [0.5, 0.6) is 0 Å². The Morgan fingerprint density at radius 1 is 1.25 bits per heavy atom. The fraction of sp³-hybridized carbons (Fsp3) is 0.350. The van der Waals surface area contributed by atoms with Crippen molar-refractivity contribution in [2.75, 3.05) is 13.6 Å². The number of benzene rings is 2. The number of carbonyl (C=O) groups is 1. The van der Waals surface area contributed by atoms with E-state index in [2.05, 4.69) is 23.5 Å². The van der Waals surface area contributed by atoms with Crippen LogP contribution in [0.2, 0.25) is 0 Å². The molecule has 1 aliphatic rings. The van der Waals surface area contributed by atoms with E-state index >= 15 is 0 Å². The zero-order valence-electron chi connectivity index (χ0n) is 14.0. The highest BCUT2D eigenvalue weighted by molar-refractivity contribution is 5.77. The maximum atomic E-state index is 13.2. The van der Waals surface area contributed by atoms with Crippen LogP contribution in [-0.4, -0.2) is 19.5 Å². The molecule has 4 heteroatoms. The number of aryl methyl sites for hydroxylation is 1. The SMILES string of the molecule is C[NH+](CC(=O)N[C@H]1CCCc2ccccc21)Cc1cccc(F)c1. The third kappa shape index (κ3) is 4.20. The average molecular weight is 327 g/mol. The van der Waals surface area contributed by atoms with Crippen molar-refractivity contribution in [3.63, 3.8) is 0 Å². The van der Waals surface area contributed by atoms with Crippen LogP contribution < -0.4 is 10.2 Å². The van der Waals surface area contributed by atoms with E-state index in [0.717, 1.165) is 29.7 Å². The van der Waals surface area contributed by atoms with Gasteiger partial charge in [0.15, 0.2) is 6.54 Å². The summed E-state index contributed by atoms with van der Waals surface area (Å²) in [6, 6.07) is 15.0. The topological polar surface area (TPSA) is 33.5 Å². The number of carbonyl (C=O) groups excluding carboxylic acids is 1. The number of nitrogens with one attached hydrogen (secondary N) is 2. The van der Waals surface area contributed by atoms with Gasteiger partial charge in [0, 0.05) is 5.56 Å². The number of likely N-dealkylation sites (N-methyl/N-ethyl adjacent to an activating group) is 1. The predicted molar refractivity (Wildman–Crippen MR) is 92.1 cm³/mol. The minimum atomic E-state index is -0.233. The number of amides is 1. The minimum absolute atomic E-state index is 0.0469. The number of fused-ring (bicyclic) bond motifs is 1. The number of hydrogen-bond donors (Lipinski definition) is 2. The monoisotopic (exact) mass is 327 g/mol. The summed E-state index contributed by atoms with van der Waals surface area (Å²) < 4.78 is 13.2. The molecule has 0 saturated carbocycles. The number of rotatable bonds is 5. The van der Waals surface area contributed by atoms with E-state index in [1.807, 2.05) is 19.2 Å². The maximum Gasteiger partial charge on any atom is 0.275 e. The minimum Gasteiger partial charge on any atom is -0.344 e. The molecule has 0 bridgehead atoms. The molecule has 1 unspecified atom stereocenters. The first-order valence-electron chi connectivity index (χ1n) is 8.55. The Morgan fingerprint density at radius 3 is 2.92 bits per heavy atom. The summed E-state index contributed by atoms with van der Waals surface area (Å²) in [6.45, 7) is 1.02. The first kappa shape index (κ1) is 16.7. The van der Waals surface area contributed by atoms with E-state index in [1.165, 1.54) is 23.3 Å². The van der Waals surface area contributed by atoms with Crippen LogP contribution in [0.4, 0.5) is 4.39 Å². The van der Waals surface area contributed by atoms with E-state index in [1.54, 1.807) is 6.07 Å². The first-order valence-corrected chi connectivity index (χ1v) is 8.55. The second-order valence-corrected chi connectivity index (χ2v) is 6.65. The third-order valence-electron chi connectivity index (χ3n) is 4.56. The van der Waals surface area contributed by atoms with Crippen molar-refractivity contribution in [3.05, 3.63) is 71.0 Å². The predicted octanol–water partition coefficient (Wildman–Crippen LogP) is 2.03. The van der Waals surface area contributed by atoms with Gasteiger partial charge in [-0.1, -0.05) is 36.4 Å². The van der Waals surface area contributed by atoms with Gasteiger partial charge >= 0.3 is 0 Å². The van der Waals surface area contributed by atoms with E-state index in [4.69, 9.17) is 0 Å². The van der Waals surface area contributed by atoms with Crippen molar-refractivity contribution >= 4 is 5.91 Å². The summed E-state index contributed by atoms with van der Waals surface area (Å²) in [4.78, 5) is 13.4. The summed E-state index contributed by atoms with van der Waals surface area (Å²) in [5.41, 5.74) is 3.50. The molecule has 2 N–H and O–H groups in total. The number of hydrogen-bond acceptors (Lipinski definition) is 1. The smallest absolute Gasteiger partial charge is 0.275 e. The highest BCUT2D eigenvalue weighted by Crippen LogP contribution is 2.29. The summed E-state index contributed by atoms with van der Waals surface area (Å²) in [5.74, 6) is -0.186. The van der Waals surface area contributed by atoms with Crippen molar-refractivity contribution < 1.29 is 14.1 Å². The Bertz CT molecular complexity index is 716. The Kier molecular flexibility index (Phi) is 5.26. The molecule has 24 heavy (non-hydrogen) atoms. The Morgan fingerprint density at radius 2 is 2.08 bits per heavy atom. The van der Waals surface area contributed by atoms with Gasteiger partial charge in [0.2, 0.25) is 0 Å². The molecule has 1 amide bonds. The molecule has 0 aromatic heterocycles. The normalized spacial score (nSPS) is 17.8. The van der Waals surface area contributed by atoms with Crippen LogP contribution in [-0.2, 0) is 17.8 Å². The van der Waals surface area contributed by atoms with Crippen LogP contribution >= 0.6 is 0 Å². The molecule has 0 fully saturated rings. The van der Waals surface area contributed by atoms with E-state index in [0.29, 0.717) is 13.1 Å². The number of halogens is 1. The van der Waals surface area contributed by atoms with Crippen molar-refractivity contribution in [2.24, 2.45) is 0 Å². The highest BCUT2D eigenvalue weighted by Gasteiger charge is 2.22. The van der Waals surface area contributed by atoms with Crippen LogP contribution in [0, 0.1) is 5.82 Å². The fourth-order valence-corrected chi connectivity index (χ4v) is 3.48. The average Bonchev–Trinajstić information content (AvgIpc) is 2.55. The van der Waals surface area contributed by atoms with Crippen LogP contribution in [0.1, 0.15) is 35.6 Å². The van der Waals surface area contributed by atoms with Crippen LogP contribution in [0.25, 0.3) is 0 Å². The first-order chi connectivity index (χ1) is 11.6. The standard InChI is InChI=1S/C20H23FN2O/c1-23(13-15-6-4-9-17(21)12-15)14-20(24)22-19-11-5-8-16-7-2-3-10-18(16)19/h2-4,6-7,9-10,12,19H,5,8,11,13-14H2,1H3,(H,22,24)/p+1/t19-/m0/s1. The summed E-state index contributed by atoms with van der Waals surface area (Å²) in [6.07, 6.45) is 3.19. The van der Waals surface area contributed by atoms with Gasteiger partial charge in [-0.05, 0) is 42.5 Å². The molecule has 2 aromatic rings. The Hall–Kier alpha value is -2.20. The molecule has 2 aromatic carbocycles. The maximum absolute atomic E-state index is 13.2. The lowest BCUT2D eigenvalue weighted by Gasteiger charge is -2.26. The van der Waals surface area contributed by atoms with Gasteiger partial charge in [-0.15, -0.1) is 0 Å². The van der Waals surface area contributed by atoms with Crippen molar-refractivity contribution in [1.29, 1.82) is 0 Å². The second-order valence-electron chi connectivity index (χ2n) is 6.65.